The minimum Gasteiger partial charge on any atom is -0.126 e. The van der Waals surface area contributed by atoms with Crippen LogP contribution < -0.4 is 0 Å². The number of halogens is 1. The highest BCUT2D eigenvalue weighted by atomic mass is 35.5. The third-order valence-electron chi connectivity index (χ3n) is 3.06. The number of hydrogen-bond donors (Lipinski definition) is 0. The lowest BCUT2D eigenvalue weighted by Gasteiger charge is -2.14. The predicted molar refractivity (Wildman–Crippen MR) is 74.8 cm³/mol. The van der Waals surface area contributed by atoms with Gasteiger partial charge >= 0.3 is 0 Å². The van der Waals surface area contributed by atoms with Gasteiger partial charge in [0.1, 0.15) is 0 Å². The minimum atomic E-state index is 0.402. The van der Waals surface area contributed by atoms with E-state index < -0.39 is 0 Å². The maximum absolute atomic E-state index is 6.09. The van der Waals surface area contributed by atoms with Gasteiger partial charge in [0.25, 0.3) is 0 Å². The van der Waals surface area contributed by atoms with Crippen LogP contribution in [0.3, 0.4) is 0 Å². The van der Waals surface area contributed by atoms with Crippen molar-refractivity contribution in [1.29, 1.82) is 0 Å². The minimum absolute atomic E-state index is 0.402. The molecular weight excluding hydrogens is 228 g/mol. The van der Waals surface area contributed by atoms with Gasteiger partial charge in [0, 0.05) is 11.8 Å². The Morgan fingerprint density at radius 3 is 2.18 bits per heavy atom. The van der Waals surface area contributed by atoms with Crippen LogP contribution in [-0.4, -0.2) is 5.88 Å². The number of alkyl halides is 1. The molecule has 0 heterocycles. The molecule has 0 radical (unpaired) electrons. The maximum atomic E-state index is 6.09. The summed E-state index contributed by atoms with van der Waals surface area (Å²) in [6, 6.07) is 19.2. The van der Waals surface area contributed by atoms with Gasteiger partial charge in [-0.3, -0.25) is 0 Å². The Morgan fingerprint density at radius 2 is 1.59 bits per heavy atom. The van der Waals surface area contributed by atoms with E-state index in [0.717, 1.165) is 6.42 Å². The van der Waals surface area contributed by atoms with E-state index in [-0.39, 0.29) is 0 Å². The zero-order valence-electron chi connectivity index (χ0n) is 10.1. The largest absolute Gasteiger partial charge is 0.126 e. The van der Waals surface area contributed by atoms with Gasteiger partial charge in [-0.15, -0.1) is 11.6 Å². The first-order chi connectivity index (χ1) is 8.29. The maximum Gasteiger partial charge on any atom is 0.0295 e. The van der Waals surface area contributed by atoms with Crippen LogP contribution in [0.4, 0.5) is 0 Å². The topological polar surface area (TPSA) is 0 Å². The second-order valence-corrected chi connectivity index (χ2v) is 4.76. The first kappa shape index (κ1) is 12.2. The third kappa shape index (κ3) is 3.34. The second-order valence-electron chi connectivity index (χ2n) is 4.45. The summed E-state index contributed by atoms with van der Waals surface area (Å²) in [5, 5.41) is 0. The Balaban J connectivity index is 2.14. The fraction of sp³-hybridized carbons (Fsp3) is 0.250. The van der Waals surface area contributed by atoms with Crippen molar-refractivity contribution in [3.05, 3.63) is 71.3 Å². The Bertz CT molecular complexity index is 445. The summed E-state index contributed by atoms with van der Waals surface area (Å²) >= 11 is 6.09. The summed E-state index contributed by atoms with van der Waals surface area (Å²) < 4.78 is 0. The summed E-state index contributed by atoms with van der Waals surface area (Å²) in [5.74, 6) is 1.07. The molecule has 0 fully saturated rings. The molecule has 0 nitrogen and oxygen atoms in total. The molecule has 0 saturated heterocycles. The van der Waals surface area contributed by atoms with E-state index in [1.165, 1.54) is 16.7 Å². The molecule has 0 aliphatic carbocycles. The van der Waals surface area contributed by atoms with E-state index in [1.807, 2.05) is 6.07 Å². The van der Waals surface area contributed by atoms with Gasteiger partial charge in [0.15, 0.2) is 0 Å². The fourth-order valence-corrected chi connectivity index (χ4v) is 2.29. The summed E-state index contributed by atoms with van der Waals surface area (Å²) in [5.41, 5.74) is 3.97. The van der Waals surface area contributed by atoms with Gasteiger partial charge in [-0.2, -0.15) is 0 Å². The van der Waals surface area contributed by atoms with Gasteiger partial charge in [0.05, 0.1) is 0 Å². The highest BCUT2D eigenvalue weighted by molar-refractivity contribution is 6.18. The molecule has 2 rings (SSSR count). The second kappa shape index (κ2) is 5.88. The van der Waals surface area contributed by atoms with Gasteiger partial charge in [-0.1, -0.05) is 60.2 Å². The molecule has 0 saturated carbocycles. The normalized spacial score (nSPS) is 12.4. The zero-order valence-corrected chi connectivity index (χ0v) is 10.8. The quantitative estimate of drug-likeness (QED) is 0.692. The van der Waals surface area contributed by atoms with E-state index in [4.69, 9.17) is 11.6 Å². The molecular formula is C16H17Cl. The van der Waals surface area contributed by atoms with Crippen LogP contribution in [-0.2, 0) is 6.42 Å². The van der Waals surface area contributed by atoms with Crippen molar-refractivity contribution < 1.29 is 0 Å². The van der Waals surface area contributed by atoms with E-state index in [2.05, 4.69) is 55.5 Å². The molecule has 0 aromatic heterocycles. The lowest BCUT2D eigenvalue weighted by Crippen LogP contribution is -2.04. The van der Waals surface area contributed by atoms with Crippen molar-refractivity contribution in [2.75, 3.05) is 5.88 Å². The van der Waals surface area contributed by atoms with Crippen LogP contribution >= 0.6 is 11.6 Å². The number of benzene rings is 2. The van der Waals surface area contributed by atoms with E-state index in [0.29, 0.717) is 11.8 Å². The molecule has 0 aliphatic heterocycles. The smallest absolute Gasteiger partial charge is 0.0295 e. The van der Waals surface area contributed by atoms with Gasteiger partial charge < -0.3 is 0 Å². The Hall–Kier alpha value is -1.27. The first-order valence-electron chi connectivity index (χ1n) is 5.96. The monoisotopic (exact) mass is 244 g/mol. The summed E-state index contributed by atoms with van der Waals surface area (Å²) in [6.07, 6.45) is 1.01. The van der Waals surface area contributed by atoms with E-state index in [1.54, 1.807) is 0 Å². The fourth-order valence-electron chi connectivity index (χ4n) is 2.00. The summed E-state index contributed by atoms with van der Waals surface area (Å²) in [4.78, 5) is 0. The van der Waals surface area contributed by atoms with Crippen molar-refractivity contribution in [2.45, 2.75) is 19.3 Å². The van der Waals surface area contributed by atoms with Gasteiger partial charge in [-0.05, 0) is 24.5 Å². The van der Waals surface area contributed by atoms with Crippen LogP contribution in [0.5, 0.6) is 0 Å². The average molecular weight is 245 g/mol. The standard InChI is InChI=1S/C16H17Cl/c1-13-7-9-15(10-8-13)16(12-17)11-14-5-3-2-4-6-14/h2-10,16H,11-12H2,1H3. The van der Waals surface area contributed by atoms with Crippen molar-refractivity contribution in [3.8, 4) is 0 Å². The third-order valence-corrected chi connectivity index (χ3v) is 3.43. The molecule has 1 unspecified atom stereocenters. The molecule has 0 N–H and O–H groups in total. The Labute approximate surface area is 108 Å². The highest BCUT2D eigenvalue weighted by Gasteiger charge is 2.10. The van der Waals surface area contributed by atoms with Crippen molar-refractivity contribution in [3.63, 3.8) is 0 Å². The molecule has 0 aliphatic rings. The van der Waals surface area contributed by atoms with Gasteiger partial charge in [-0.25, -0.2) is 0 Å². The molecule has 1 heteroatoms. The molecule has 0 spiro atoms. The number of hydrogen-bond acceptors (Lipinski definition) is 0. The highest BCUT2D eigenvalue weighted by Crippen LogP contribution is 2.22. The Morgan fingerprint density at radius 1 is 0.941 bits per heavy atom. The van der Waals surface area contributed by atoms with Crippen molar-refractivity contribution >= 4 is 11.6 Å². The van der Waals surface area contributed by atoms with Crippen molar-refractivity contribution in [2.24, 2.45) is 0 Å². The summed E-state index contributed by atoms with van der Waals surface area (Å²) in [6.45, 7) is 2.11. The predicted octanol–water partition coefficient (Wildman–Crippen LogP) is 4.56. The SMILES string of the molecule is Cc1ccc(C(CCl)Cc2ccccc2)cc1. The summed E-state index contributed by atoms with van der Waals surface area (Å²) in [7, 11) is 0. The Kier molecular flexibility index (Phi) is 4.22. The molecule has 2 aromatic rings. The van der Waals surface area contributed by atoms with Crippen molar-refractivity contribution in [1.82, 2.24) is 0 Å². The van der Waals surface area contributed by atoms with E-state index in [9.17, 15) is 0 Å². The number of aryl methyl sites for hydroxylation is 1. The lowest BCUT2D eigenvalue weighted by atomic mass is 9.93. The molecule has 88 valence electrons. The first-order valence-corrected chi connectivity index (χ1v) is 6.49. The van der Waals surface area contributed by atoms with Crippen LogP contribution in [0, 0.1) is 6.92 Å². The average Bonchev–Trinajstić information content (AvgIpc) is 2.38. The zero-order chi connectivity index (χ0) is 12.1. The number of rotatable bonds is 4. The van der Waals surface area contributed by atoms with Crippen LogP contribution in [0.25, 0.3) is 0 Å². The molecule has 0 amide bonds. The lowest BCUT2D eigenvalue weighted by molar-refractivity contribution is 0.766. The van der Waals surface area contributed by atoms with Crippen LogP contribution in [0.2, 0.25) is 0 Å². The molecule has 2 aromatic carbocycles. The van der Waals surface area contributed by atoms with Crippen LogP contribution in [0.1, 0.15) is 22.6 Å². The van der Waals surface area contributed by atoms with Crippen LogP contribution in [0.15, 0.2) is 54.6 Å². The molecule has 0 bridgehead atoms. The van der Waals surface area contributed by atoms with Gasteiger partial charge in [0.2, 0.25) is 0 Å². The molecule has 17 heavy (non-hydrogen) atoms. The van der Waals surface area contributed by atoms with E-state index >= 15 is 0 Å². The molecule has 1 atom stereocenters.